The van der Waals surface area contributed by atoms with E-state index in [0.717, 1.165) is 96.3 Å². The molecule has 0 saturated heterocycles. The van der Waals surface area contributed by atoms with E-state index >= 15 is 0 Å². The minimum Gasteiger partial charge on any atom is -0.462 e. The number of rotatable bonds is 52. The highest BCUT2D eigenvalue weighted by molar-refractivity contribution is 5.77. The topological polar surface area (TPSA) is 95.9 Å². The Morgan fingerprint density at radius 2 is 0.817 bits per heavy atom. The maximum atomic E-state index is 13.3. The third kappa shape index (κ3) is 52.7. The highest BCUT2D eigenvalue weighted by Crippen LogP contribution is 2.17. The number of nitrogens with one attached hydrogen (secondary N) is 1. The molecule has 0 radical (unpaired) electrons. The molecule has 406 valence electrons. The number of ether oxygens (including phenoxy) is 1. The summed E-state index contributed by atoms with van der Waals surface area (Å²) in [4.78, 5) is 26.3. The van der Waals surface area contributed by atoms with Gasteiger partial charge < -0.3 is 20.3 Å². The van der Waals surface area contributed by atoms with Crippen molar-refractivity contribution < 1.29 is 24.5 Å². The van der Waals surface area contributed by atoms with E-state index in [-0.39, 0.29) is 24.9 Å². The van der Waals surface area contributed by atoms with Crippen LogP contribution in [0.1, 0.15) is 265 Å². The summed E-state index contributed by atoms with van der Waals surface area (Å²) < 4.78 is 5.93. The highest BCUT2D eigenvalue weighted by Gasteiger charge is 2.24. The van der Waals surface area contributed by atoms with E-state index < -0.39 is 18.2 Å². The molecule has 0 rings (SSSR count). The lowest BCUT2D eigenvalue weighted by molar-refractivity contribution is -0.151. The van der Waals surface area contributed by atoms with Gasteiger partial charge in [-0.05, 0) is 83.5 Å². The van der Waals surface area contributed by atoms with E-state index in [4.69, 9.17) is 4.74 Å². The zero-order valence-corrected chi connectivity index (χ0v) is 46.3. The molecule has 0 aliphatic rings. The van der Waals surface area contributed by atoms with Gasteiger partial charge >= 0.3 is 5.97 Å². The molecule has 3 N–H and O–H groups in total. The normalized spacial score (nSPS) is 13.9. The molecule has 1 amide bonds. The first kappa shape index (κ1) is 67.5. The molecule has 0 fully saturated rings. The Labute approximate surface area is 438 Å². The van der Waals surface area contributed by atoms with Crippen molar-refractivity contribution in [2.24, 2.45) is 0 Å². The van der Waals surface area contributed by atoms with E-state index in [2.05, 4.69) is 111 Å². The van der Waals surface area contributed by atoms with Crippen molar-refractivity contribution in [2.45, 2.75) is 283 Å². The van der Waals surface area contributed by atoms with Crippen molar-refractivity contribution in [3.63, 3.8) is 0 Å². The second-order valence-corrected chi connectivity index (χ2v) is 19.8. The maximum absolute atomic E-state index is 13.3. The third-order valence-corrected chi connectivity index (χ3v) is 12.9. The van der Waals surface area contributed by atoms with Crippen LogP contribution in [0.5, 0.6) is 0 Å². The molecule has 0 heterocycles. The quantitative estimate of drug-likeness (QED) is 0.0244. The number of carbonyl (C=O) groups is 2. The number of allylic oxidation sites excluding steroid dienone is 18. The fourth-order valence-corrected chi connectivity index (χ4v) is 8.45. The lowest BCUT2D eigenvalue weighted by Gasteiger charge is -2.24. The zero-order valence-electron chi connectivity index (χ0n) is 46.3. The molecule has 6 nitrogen and oxygen atoms in total. The van der Waals surface area contributed by atoms with Crippen molar-refractivity contribution in [2.75, 3.05) is 6.61 Å². The Hall–Kier alpha value is -3.48. The number of aliphatic hydroxyl groups excluding tert-OH is 2. The third-order valence-electron chi connectivity index (χ3n) is 12.9. The average molecular weight is 987 g/mol. The van der Waals surface area contributed by atoms with Crippen LogP contribution in [0.2, 0.25) is 0 Å². The molecular formula is C65H111NO5. The molecule has 0 aliphatic carbocycles. The molecule has 0 aromatic carbocycles. The summed E-state index contributed by atoms with van der Waals surface area (Å²) in [6.45, 7) is 6.36. The number of unbranched alkanes of at least 4 members (excludes halogenated alkanes) is 26. The zero-order chi connectivity index (χ0) is 51.6. The summed E-state index contributed by atoms with van der Waals surface area (Å²) in [5.74, 6) is -0.560. The summed E-state index contributed by atoms with van der Waals surface area (Å²) in [5, 5.41) is 23.9. The van der Waals surface area contributed by atoms with Crippen molar-refractivity contribution in [3.05, 3.63) is 109 Å². The van der Waals surface area contributed by atoms with Crippen LogP contribution in [0.4, 0.5) is 0 Å². The minimum absolute atomic E-state index is 0.0233. The molecule has 0 aromatic rings. The predicted octanol–water partition coefficient (Wildman–Crippen LogP) is 18.6. The van der Waals surface area contributed by atoms with Gasteiger partial charge in [0.2, 0.25) is 5.91 Å². The smallest absolute Gasteiger partial charge is 0.306 e. The van der Waals surface area contributed by atoms with Crippen molar-refractivity contribution in [1.29, 1.82) is 0 Å². The van der Waals surface area contributed by atoms with Gasteiger partial charge in [0.1, 0.15) is 6.10 Å². The van der Waals surface area contributed by atoms with Crippen LogP contribution in [0.25, 0.3) is 0 Å². The summed E-state index contributed by atoms with van der Waals surface area (Å²) >= 11 is 0. The summed E-state index contributed by atoms with van der Waals surface area (Å²) in [6.07, 6.45) is 78.6. The number of aliphatic hydroxyl groups is 2. The molecule has 0 aromatic heterocycles. The lowest BCUT2D eigenvalue weighted by atomic mass is 10.0. The summed E-state index contributed by atoms with van der Waals surface area (Å²) in [5.41, 5.74) is 0. The van der Waals surface area contributed by atoms with Gasteiger partial charge in [-0.1, -0.05) is 278 Å². The van der Waals surface area contributed by atoms with Gasteiger partial charge in [0.15, 0.2) is 0 Å². The minimum atomic E-state index is -0.815. The molecule has 0 saturated carbocycles. The van der Waals surface area contributed by atoms with Crippen molar-refractivity contribution in [1.82, 2.24) is 5.32 Å². The van der Waals surface area contributed by atoms with Crippen LogP contribution in [0.3, 0.4) is 0 Å². The Kier molecular flexibility index (Phi) is 54.6. The van der Waals surface area contributed by atoms with Gasteiger partial charge in [-0.2, -0.15) is 0 Å². The van der Waals surface area contributed by atoms with E-state index in [9.17, 15) is 19.8 Å². The first-order chi connectivity index (χ1) is 35.0. The van der Waals surface area contributed by atoms with Gasteiger partial charge in [-0.25, -0.2) is 0 Å². The maximum Gasteiger partial charge on any atom is 0.306 e. The lowest BCUT2D eigenvalue weighted by Crippen LogP contribution is -2.46. The van der Waals surface area contributed by atoms with E-state index in [1.54, 1.807) is 0 Å². The second-order valence-electron chi connectivity index (χ2n) is 19.8. The van der Waals surface area contributed by atoms with Gasteiger partial charge in [-0.3, -0.25) is 9.59 Å². The fourth-order valence-electron chi connectivity index (χ4n) is 8.45. The Bertz CT molecular complexity index is 1430. The summed E-state index contributed by atoms with van der Waals surface area (Å²) in [6, 6.07) is -0.733. The molecule has 71 heavy (non-hydrogen) atoms. The standard InChI is InChI=1S/C65H111NO5/c1-4-7-10-13-16-19-22-25-28-31-34-37-40-43-46-49-52-55-58-65(70)71-61(56-53-50-47-44-41-38-35-32-29-26-23-20-17-14-11-8-5-2)59-64(69)66-62(60-67)63(68)57-54-51-48-45-42-39-36-33-30-27-24-21-18-15-12-9-6-3/h10,13,16-17,19-20,22,25-26,28-29,31,34-35,37-38,44,47,61-63,67-68H,4-9,11-12,14-15,18,21,23-24,27,30,32-33,36,39-43,45-46,48-60H2,1-3H3,(H,66,69)/b13-10+,19-16+,20-17-,25-22+,29-26-,31-28+,37-34+,38-35-,47-44-. The van der Waals surface area contributed by atoms with Gasteiger partial charge in [0, 0.05) is 6.42 Å². The Balaban J connectivity index is 4.71. The second kappa shape index (κ2) is 57.4. The molecule has 0 aliphatic heterocycles. The Morgan fingerprint density at radius 1 is 0.423 bits per heavy atom. The van der Waals surface area contributed by atoms with E-state index in [1.807, 2.05) is 24.3 Å². The van der Waals surface area contributed by atoms with Crippen LogP contribution in [0, 0.1) is 0 Å². The number of amides is 1. The van der Waals surface area contributed by atoms with Crippen LogP contribution >= 0.6 is 0 Å². The van der Waals surface area contributed by atoms with Crippen LogP contribution in [0.15, 0.2) is 109 Å². The predicted molar refractivity (Wildman–Crippen MR) is 310 cm³/mol. The largest absolute Gasteiger partial charge is 0.462 e. The molecule has 6 heteroatoms. The van der Waals surface area contributed by atoms with Crippen LogP contribution in [-0.2, 0) is 14.3 Å². The first-order valence-corrected chi connectivity index (χ1v) is 29.7. The highest BCUT2D eigenvalue weighted by atomic mass is 16.5. The van der Waals surface area contributed by atoms with Crippen molar-refractivity contribution in [3.8, 4) is 0 Å². The van der Waals surface area contributed by atoms with Gasteiger partial charge in [-0.15, -0.1) is 0 Å². The van der Waals surface area contributed by atoms with E-state index in [0.29, 0.717) is 19.3 Å². The first-order valence-electron chi connectivity index (χ1n) is 29.7. The van der Waals surface area contributed by atoms with Crippen LogP contribution < -0.4 is 5.32 Å². The van der Waals surface area contributed by atoms with Crippen LogP contribution in [-0.4, -0.2) is 46.9 Å². The average Bonchev–Trinajstić information content (AvgIpc) is 3.36. The number of hydrogen-bond acceptors (Lipinski definition) is 5. The number of carbonyl (C=O) groups excluding carboxylic acids is 2. The molecular weight excluding hydrogens is 875 g/mol. The van der Waals surface area contributed by atoms with Gasteiger partial charge in [0.05, 0.1) is 25.2 Å². The van der Waals surface area contributed by atoms with E-state index in [1.165, 1.54) is 122 Å². The SMILES string of the molecule is CCC/C=C/C=C/C=C/C=C/C=C/CCCCCCCC(=O)OC(CCC/C=C\C/C=C\C/C=C\C/C=C\CCCCC)CC(=O)NC(CO)C(O)CCCCCCCCCCCCCCCCCCC. The molecule has 3 atom stereocenters. The molecule has 0 spiro atoms. The number of hydrogen-bond donors (Lipinski definition) is 3. The fraction of sp³-hybridized carbons (Fsp3) is 0.692. The molecule has 0 bridgehead atoms. The monoisotopic (exact) mass is 986 g/mol. The van der Waals surface area contributed by atoms with Gasteiger partial charge in [0.25, 0.3) is 0 Å². The van der Waals surface area contributed by atoms with Crippen molar-refractivity contribution >= 4 is 11.9 Å². The number of esters is 1. The summed E-state index contributed by atoms with van der Waals surface area (Å²) in [7, 11) is 0. The Morgan fingerprint density at radius 3 is 1.32 bits per heavy atom. The molecule has 3 unspecified atom stereocenters.